The zero-order valence-corrected chi connectivity index (χ0v) is 18.8. The largest absolute Gasteiger partial charge is 0.497 e. The van der Waals surface area contributed by atoms with Gasteiger partial charge in [-0.15, -0.1) is 10.2 Å². The van der Waals surface area contributed by atoms with Crippen molar-refractivity contribution in [3.8, 4) is 22.8 Å². The van der Waals surface area contributed by atoms with Crippen LogP contribution in [0.1, 0.15) is 21.7 Å². The minimum Gasteiger partial charge on any atom is -0.497 e. The highest BCUT2D eigenvalue weighted by atomic mass is 32.2. The smallest absolute Gasteiger partial charge is 0.196 e. The standard InChI is InChI=1S/C24H24N4O2S/c1-16-13-21(17(2)27(16)3)22(29)15-31-24-26-25-23(18-9-8-12-20(14-18)30-4)28(24)19-10-6-5-7-11-19/h5-14H,15H2,1-4H3. The molecule has 4 rings (SSSR count). The van der Waals surface area contributed by atoms with Gasteiger partial charge in [0.2, 0.25) is 0 Å². The number of aryl methyl sites for hydroxylation is 1. The van der Waals surface area contributed by atoms with Gasteiger partial charge in [-0.3, -0.25) is 9.36 Å². The van der Waals surface area contributed by atoms with Crippen LogP contribution in [0.4, 0.5) is 0 Å². The number of carbonyl (C=O) groups is 1. The Morgan fingerprint density at radius 3 is 2.48 bits per heavy atom. The lowest BCUT2D eigenvalue weighted by molar-refractivity contribution is 0.102. The lowest BCUT2D eigenvalue weighted by Gasteiger charge is -2.11. The van der Waals surface area contributed by atoms with E-state index in [4.69, 9.17) is 4.74 Å². The maximum atomic E-state index is 12.9. The second-order valence-electron chi connectivity index (χ2n) is 7.26. The van der Waals surface area contributed by atoms with Crippen LogP contribution in [0.3, 0.4) is 0 Å². The number of rotatable bonds is 7. The van der Waals surface area contributed by atoms with Crippen molar-refractivity contribution in [1.29, 1.82) is 0 Å². The highest BCUT2D eigenvalue weighted by Gasteiger charge is 2.19. The van der Waals surface area contributed by atoms with Gasteiger partial charge in [0.05, 0.1) is 12.9 Å². The first kappa shape index (κ1) is 20.9. The second kappa shape index (κ2) is 8.81. The van der Waals surface area contributed by atoms with E-state index in [-0.39, 0.29) is 11.5 Å². The van der Waals surface area contributed by atoms with Crippen molar-refractivity contribution in [2.24, 2.45) is 7.05 Å². The van der Waals surface area contributed by atoms with E-state index in [0.29, 0.717) is 11.0 Å². The molecule has 0 N–H and O–H groups in total. The van der Waals surface area contributed by atoms with E-state index < -0.39 is 0 Å². The van der Waals surface area contributed by atoms with Crippen LogP contribution < -0.4 is 4.74 Å². The molecule has 0 bridgehead atoms. The predicted octanol–water partition coefficient (Wildman–Crippen LogP) is 4.87. The molecular weight excluding hydrogens is 408 g/mol. The molecule has 0 fully saturated rings. The maximum Gasteiger partial charge on any atom is 0.196 e. The molecule has 0 saturated carbocycles. The number of Topliss-reactive ketones (excluding diaryl/α,β-unsaturated/α-hetero) is 1. The number of hydrogen-bond donors (Lipinski definition) is 0. The number of benzene rings is 2. The van der Waals surface area contributed by atoms with E-state index in [9.17, 15) is 4.79 Å². The number of nitrogens with zero attached hydrogens (tertiary/aromatic N) is 4. The van der Waals surface area contributed by atoms with Gasteiger partial charge in [-0.2, -0.15) is 0 Å². The third-order valence-corrected chi connectivity index (χ3v) is 6.31. The highest BCUT2D eigenvalue weighted by Crippen LogP contribution is 2.30. The number of ether oxygens (including phenoxy) is 1. The van der Waals surface area contributed by atoms with Crippen LogP contribution in [0.2, 0.25) is 0 Å². The summed E-state index contributed by atoms with van der Waals surface area (Å²) in [5, 5.41) is 9.53. The van der Waals surface area contributed by atoms with Crippen molar-refractivity contribution in [3.63, 3.8) is 0 Å². The van der Waals surface area contributed by atoms with E-state index in [1.807, 2.05) is 90.7 Å². The summed E-state index contributed by atoms with van der Waals surface area (Å²) in [6.07, 6.45) is 0. The van der Waals surface area contributed by atoms with Crippen LogP contribution >= 0.6 is 11.8 Å². The van der Waals surface area contributed by atoms with Gasteiger partial charge >= 0.3 is 0 Å². The molecule has 0 radical (unpaired) electrons. The monoisotopic (exact) mass is 432 g/mol. The Morgan fingerprint density at radius 2 is 1.81 bits per heavy atom. The SMILES string of the molecule is COc1cccc(-c2nnc(SCC(=O)c3cc(C)n(C)c3C)n2-c2ccccc2)c1. The molecule has 31 heavy (non-hydrogen) atoms. The first-order valence-electron chi connectivity index (χ1n) is 9.93. The quantitative estimate of drug-likeness (QED) is 0.308. The summed E-state index contributed by atoms with van der Waals surface area (Å²) >= 11 is 1.39. The van der Waals surface area contributed by atoms with Gasteiger partial charge in [0, 0.05) is 35.2 Å². The first-order valence-corrected chi connectivity index (χ1v) is 10.9. The summed E-state index contributed by atoms with van der Waals surface area (Å²) < 4.78 is 9.39. The fourth-order valence-corrected chi connectivity index (χ4v) is 4.30. The summed E-state index contributed by atoms with van der Waals surface area (Å²) in [5.41, 5.74) is 4.63. The lowest BCUT2D eigenvalue weighted by atomic mass is 10.2. The van der Waals surface area contributed by atoms with Gasteiger partial charge in [0.1, 0.15) is 5.75 Å². The fourth-order valence-electron chi connectivity index (χ4n) is 3.47. The van der Waals surface area contributed by atoms with E-state index in [1.54, 1.807) is 7.11 Å². The number of methoxy groups -OCH3 is 1. The Balaban J connectivity index is 1.68. The molecule has 0 amide bonds. The molecule has 6 nitrogen and oxygen atoms in total. The fraction of sp³-hybridized carbons (Fsp3) is 0.208. The summed E-state index contributed by atoms with van der Waals surface area (Å²) in [5.74, 6) is 1.82. The second-order valence-corrected chi connectivity index (χ2v) is 8.21. The molecule has 0 unspecified atom stereocenters. The van der Waals surface area contributed by atoms with Crippen molar-refractivity contribution in [1.82, 2.24) is 19.3 Å². The molecular formula is C24H24N4O2S. The minimum atomic E-state index is 0.0803. The molecule has 158 valence electrons. The Labute approximate surface area is 185 Å². The summed E-state index contributed by atoms with van der Waals surface area (Å²) in [6.45, 7) is 3.97. The number of thioether (sulfide) groups is 1. The predicted molar refractivity (Wildman–Crippen MR) is 123 cm³/mol. The molecule has 7 heteroatoms. The Bertz CT molecular complexity index is 1230. The summed E-state index contributed by atoms with van der Waals surface area (Å²) in [7, 11) is 3.61. The highest BCUT2D eigenvalue weighted by molar-refractivity contribution is 7.99. The molecule has 0 atom stereocenters. The van der Waals surface area contributed by atoms with E-state index in [2.05, 4.69) is 10.2 Å². The van der Waals surface area contributed by atoms with Crippen molar-refractivity contribution < 1.29 is 9.53 Å². The molecule has 4 aromatic rings. The van der Waals surface area contributed by atoms with Crippen LogP contribution in [0, 0.1) is 13.8 Å². The molecule has 2 aromatic heterocycles. The zero-order valence-electron chi connectivity index (χ0n) is 18.0. The minimum absolute atomic E-state index is 0.0803. The third kappa shape index (κ3) is 4.14. The number of carbonyl (C=O) groups excluding carboxylic acids is 1. The van der Waals surface area contributed by atoms with Crippen molar-refractivity contribution in [2.75, 3.05) is 12.9 Å². The van der Waals surface area contributed by atoms with E-state index in [1.165, 1.54) is 11.8 Å². The topological polar surface area (TPSA) is 61.9 Å². The van der Waals surface area contributed by atoms with Crippen molar-refractivity contribution in [3.05, 3.63) is 77.6 Å². The summed E-state index contributed by atoms with van der Waals surface area (Å²) in [4.78, 5) is 12.9. The number of hydrogen-bond acceptors (Lipinski definition) is 5. The van der Waals surface area contributed by atoms with Crippen molar-refractivity contribution >= 4 is 17.5 Å². The van der Waals surface area contributed by atoms with Gasteiger partial charge in [-0.25, -0.2) is 0 Å². The maximum absolute atomic E-state index is 12.9. The average Bonchev–Trinajstić information content (AvgIpc) is 3.34. The molecule has 0 aliphatic heterocycles. The lowest BCUT2D eigenvalue weighted by Crippen LogP contribution is -2.06. The molecule has 0 aliphatic rings. The van der Waals surface area contributed by atoms with Gasteiger partial charge in [0.15, 0.2) is 16.8 Å². The Hall–Kier alpha value is -3.32. The molecule has 2 aromatic carbocycles. The van der Waals surface area contributed by atoms with Gasteiger partial charge < -0.3 is 9.30 Å². The number of aromatic nitrogens is 4. The molecule has 0 aliphatic carbocycles. The van der Waals surface area contributed by atoms with Gasteiger partial charge in [0.25, 0.3) is 0 Å². The zero-order chi connectivity index (χ0) is 22.0. The van der Waals surface area contributed by atoms with Crippen molar-refractivity contribution in [2.45, 2.75) is 19.0 Å². The Morgan fingerprint density at radius 1 is 1.03 bits per heavy atom. The summed E-state index contributed by atoms with van der Waals surface area (Å²) in [6, 6.07) is 19.6. The van der Waals surface area contributed by atoms with Crippen LogP contribution in [-0.2, 0) is 7.05 Å². The number of para-hydroxylation sites is 1. The van der Waals surface area contributed by atoms with Crippen LogP contribution in [0.25, 0.3) is 17.1 Å². The van der Waals surface area contributed by atoms with E-state index >= 15 is 0 Å². The average molecular weight is 433 g/mol. The Kier molecular flexibility index (Phi) is 5.95. The third-order valence-electron chi connectivity index (χ3n) is 5.38. The van der Waals surface area contributed by atoms with Crippen LogP contribution in [0.5, 0.6) is 5.75 Å². The molecule has 0 spiro atoms. The molecule has 2 heterocycles. The van der Waals surface area contributed by atoms with Crippen LogP contribution in [-0.4, -0.2) is 38.0 Å². The normalized spacial score (nSPS) is 11.0. The van der Waals surface area contributed by atoms with E-state index in [0.717, 1.165) is 34.0 Å². The first-order chi connectivity index (χ1) is 15.0. The van der Waals surface area contributed by atoms with Gasteiger partial charge in [-0.05, 0) is 44.2 Å². The number of ketones is 1. The van der Waals surface area contributed by atoms with Gasteiger partial charge in [-0.1, -0.05) is 42.1 Å². The molecule has 0 saturated heterocycles. The van der Waals surface area contributed by atoms with Crippen LogP contribution in [0.15, 0.2) is 65.8 Å².